The summed E-state index contributed by atoms with van der Waals surface area (Å²) in [4.78, 5) is 31.6. The largest absolute Gasteiger partial charge is 0.317 e. The third-order valence-corrected chi connectivity index (χ3v) is 4.96. The molecule has 0 aliphatic heterocycles. The molecule has 4 rings (SSSR count). The van der Waals surface area contributed by atoms with E-state index in [1.165, 1.54) is 11.3 Å². The van der Waals surface area contributed by atoms with Gasteiger partial charge < -0.3 is 4.98 Å². The van der Waals surface area contributed by atoms with Crippen LogP contribution in [0.2, 0.25) is 5.02 Å². The molecule has 0 unspecified atom stereocenters. The van der Waals surface area contributed by atoms with Crippen molar-refractivity contribution >= 4 is 44.7 Å². The Morgan fingerprint density at radius 2 is 1.88 bits per heavy atom. The van der Waals surface area contributed by atoms with E-state index < -0.39 is 5.91 Å². The number of aromatic amines is 1. The van der Waals surface area contributed by atoms with Crippen molar-refractivity contribution in [1.82, 2.24) is 9.97 Å². The van der Waals surface area contributed by atoms with Crippen molar-refractivity contribution in [2.24, 2.45) is 0 Å². The Labute approximate surface area is 157 Å². The molecule has 4 aromatic rings. The number of carbonyl (C=O) groups excluding carboxylic acids is 1. The summed E-state index contributed by atoms with van der Waals surface area (Å²) in [7, 11) is 0. The lowest BCUT2D eigenvalue weighted by Crippen LogP contribution is -2.18. The molecule has 128 valence electrons. The van der Waals surface area contributed by atoms with Crippen molar-refractivity contribution in [2.75, 3.05) is 5.32 Å². The maximum atomic E-state index is 12.5. The third kappa shape index (κ3) is 3.12. The first-order valence-electron chi connectivity index (χ1n) is 7.75. The molecule has 0 radical (unpaired) electrons. The number of rotatable bonds is 3. The van der Waals surface area contributed by atoms with Crippen LogP contribution < -0.4 is 10.9 Å². The molecule has 2 N–H and O–H groups in total. The van der Waals surface area contributed by atoms with E-state index in [4.69, 9.17) is 11.6 Å². The zero-order valence-corrected chi connectivity index (χ0v) is 14.9. The van der Waals surface area contributed by atoms with Crippen molar-refractivity contribution in [3.63, 3.8) is 0 Å². The number of hydrogen-bond donors (Lipinski definition) is 2. The van der Waals surface area contributed by atoms with E-state index in [-0.39, 0.29) is 11.3 Å². The van der Waals surface area contributed by atoms with Crippen LogP contribution in [0.3, 0.4) is 0 Å². The highest BCUT2D eigenvalue weighted by atomic mass is 35.5. The number of fused-ring (bicyclic) bond motifs is 1. The van der Waals surface area contributed by atoms with Crippen LogP contribution >= 0.6 is 22.9 Å². The van der Waals surface area contributed by atoms with Gasteiger partial charge in [-0.15, -0.1) is 11.3 Å². The first-order valence-corrected chi connectivity index (χ1v) is 9.01. The molecule has 0 aliphatic carbocycles. The molecule has 1 amide bonds. The van der Waals surface area contributed by atoms with Gasteiger partial charge in [0.2, 0.25) is 0 Å². The maximum Gasteiger partial charge on any atom is 0.273 e. The third-order valence-electron chi connectivity index (χ3n) is 3.87. The van der Waals surface area contributed by atoms with Gasteiger partial charge in [-0.3, -0.25) is 14.9 Å². The molecule has 26 heavy (non-hydrogen) atoms. The van der Waals surface area contributed by atoms with Crippen molar-refractivity contribution in [3.8, 4) is 11.3 Å². The van der Waals surface area contributed by atoms with Gasteiger partial charge in [-0.2, -0.15) is 0 Å². The van der Waals surface area contributed by atoms with E-state index in [1.54, 1.807) is 30.3 Å². The van der Waals surface area contributed by atoms with Crippen molar-refractivity contribution in [2.45, 2.75) is 0 Å². The van der Waals surface area contributed by atoms with E-state index in [1.807, 2.05) is 29.6 Å². The first kappa shape index (κ1) is 16.5. The molecule has 0 spiro atoms. The van der Waals surface area contributed by atoms with Crippen LogP contribution in [0.4, 0.5) is 5.13 Å². The van der Waals surface area contributed by atoms with E-state index in [0.717, 1.165) is 5.56 Å². The Bertz CT molecular complexity index is 1180. The molecule has 2 aromatic heterocycles. The Balaban J connectivity index is 1.61. The fourth-order valence-corrected chi connectivity index (χ4v) is 3.56. The molecule has 0 aliphatic rings. The zero-order valence-electron chi connectivity index (χ0n) is 13.3. The summed E-state index contributed by atoms with van der Waals surface area (Å²) in [6.45, 7) is 0. The molecule has 2 heterocycles. The summed E-state index contributed by atoms with van der Waals surface area (Å²) in [6.07, 6.45) is 0. The Hall–Kier alpha value is -2.96. The predicted molar refractivity (Wildman–Crippen MR) is 105 cm³/mol. The average Bonchev–Trinajstić information content (AvgIpc) is 3.10. The molecule has 0 bridgehead atoms. The summed E-state index contributed by atoms with van der Waals surface area (Å²) in [5.41, 5.74) is 1.36. The molecule has 0 saturated heterocycles. The SMILES string of the molecule is O=C(Nc1nc(-c2ccccc2Cl)cs1)c1cc2ccccc2c(=O)[nH]1. The van der Waals surface area contributed by atoms with Gasteiger partial charge in [0, 0.05) is 21.4 Å². The van der Waals surface area contributed by atoms with Crippen LogP contribution in [0.25, 0.3) is 22.0 Å². The first-order chi connectivity index (χ1) is 12.6. The van der Waals surface area contributed by atoms with Gasteiger partial charge in [0.25, 0.3) is 11.5 Å². The normalized spacial score (nSPS) is 10.8. The van der Waals surface area contributed by atoms with Crippen LogP contribution in [-0.4, -0.2) is 15.9 Å². The minimum absolute atomic E-state index is 0.184. The van der Waals surface area contributed by atoms with Gasteiger partial charge in [0.1, 0.15) is 5.69 Å². The zero-order chi connectivity index (χ0) is 18.1. The Kier molecular flexibility index (Phi) is 4.28. The molecule has 7 heteroatoms. The minimum Gasteiger partial charge on any atom is -0.317 e. The second-order valence-electron chi connectivity index (χ2n) is 5.57. The highest BCUT2D eigenvalue weighted by Crippen LogP contribution is 2.30. The quantitative estimate of drug-likeness (QED) is 0.546. The van der Waals surface area contributed by atoms with Crippen molar-refractivity contribution in [3.05, 3.63) is 81.0 Å². The average molecular weight is 382 g/mol. The van der Waals surface area contributed by atoms with E-state index in [0.29, 0.717) is 26.6 Å². The summed E-state index contributed by atoms with van der Waals surface area (Å²) >= 11 is 7.47. The second kappa shape index (κ2) is 6.74. The number of H-pyrrole nitrogens is 1. The van der Waals surface area contributed by atoms with Crippen LogP contribution in [-0.2, 0) is 0 Å². The molecular formula is C19H12ClN3O2S. The van der Waals surface area contributed by atoms with Gasteiger partial charge in [-0.1, -0.05) is 48.0 Å². The molecular weight excluding hydrogens is 370 g/mol. The summed E-state index contributed by atoms with van der Waals surface area (Å²) in [5.74, 6) is -0.423. The lowest BCUT2D eigenvalue weighted by molar-refractivity contribution is 0.102. The smallest absolute Gasteiger partial charge is 0.273 e. The van der Waals surface area contributed by atoms with Gasteiger partial charge in [0.05, 0.1) is 5.69 Å². The second-order valence-corrected chi connectivity index (χ2v) is 6.84. The lowest BCUT2D eigenvalue weighted by Gasteiger charge is -2.04. The number of nitrogens with zero attached hydrogens (tertiary/aromatic N) is 1. The molecule has 0 fully saturated rings. The number of thiazole rings is 1. The molecule has 0 saturated carbocycles. The summed E-state index contributed by atoms with van der Waals surface area (Å²) in [6, 6.07) is 16.1. The highest BCUT2D eigenvalue weighted by Gasteiger charge is 2.13. The van der Waals surface area contributed by atoms with Gasteiger partial charge in [-0.05, 0) is 23.6 Å². The van der Waals surface area contributed by atoms with Crippen LogP contribution in [0.1, 0.15) is 10.5 Å². The topological polar surface area (TPSA) is 74.8 Å². The number of nitrogens with one attached hydrogen (secondary N) is 2. The number of aromatic nitrogens is 2. The molecule has 0 atom stereocenters. The highest BCUT2D eigenvalue weighted by molar-refractivity contribution is 7.14. The fraction of sp³-hybridized carbons (Fsp3) is 0. The predicted octanol–water partition coefficient (Wildman–Crippen LogP) is 4.56. The maximum absolute atomic E-state index is 12.5. The number of halogens is 1. The lowest BCUT2D eigenvalue weighted by atomic mass is 10.1. The van der Waals surface area contributed by atoms with Crippen LogP contribution in [0.5, 0.6) is 0 Å². The minimum atomic E-state index is -0.423. The number of carbonyl (C=O) groups is 1. The summed E-state index contributed by atoms with van der Waals surface area (Å²) < 4.78 is 0. The van der Waals surface area contributed by atoms with E-state index in [9.17, 15) is 9.59 Å². The van der Waals surface area contributed by atoms with Crippen LogP contribution in [0.15, 0.2) is 64.8 Å². The van der Waals surface area contributed by atoms with E-state index >= 15 is 0 Å². The van der Waals surface area contributed by atoms with Crippen molar-refractivity contribution in [1.29, 1.82) is 0 Å². The Morgan fingerprint density at radius 3 is 2.73 bits per heavy atom. The number of anilines is 1. The monoisotopic (exact) mass is 381 g/mol. The number of pyridine rings is 1. The van der Waals surface area contributed by atoms with E-state index in [2.05, 4.69) is 15.3 Å². The van der Waals surface area contributed by atoms with Crippen molar-refractivity contribution < 1.29 is 4.79 Å². The molecule has 2 aromatic carbocycles. The summed E-state index contributed by atoms with van der Waals surface area (Å²) in [5, 5.41) is 6.80. The number of hydrogen-bond acceptors (Lipinski definition) is 4. The standard InChI is InChI=1S/C19H12ClN3O2S/c20-14-8-4-3-7-13(14)16-10-26-19(22-16)23-18(25)15-9-11-5-1-2-6-12(11)17(24)21-15/h1-10H,(H,21,24)(H,22,23,25). The fourth-order valence-electron chi connectivity index (χ4n) is 2.62. The van der Waals surface area contributed by atoms with Gasteiger partial charge in [-0.25, -0.2) is 4.98 Å². The van der Waals surface area contributed by atoms with Crippen LogP contribution in [0, 0.1) is 0 Å². The van der Waals surface area contributed by atoms with Gasteiger partial charge in [0.15, 0.2) is 5.13 Å². The molecule has 5 nitrogen and oxygen atoms in total. The number of amides is 1. The van der Waals surface area contributed by atoms with Gasteiger partial charge >= 0.3 is 0 Å². The Morgan fingerprint density at radius 1 is 1.12 bits per heavy atom. The number of benzene rings is 2.